The molecule has 0 saturated carbocycles. The minimum absolute atomic E-state index is 0.0893. The van der Waals surface area contributed by atoms with Crippen LogP contribution in [-0.4, -0.2) is 104 Å². The van der Waals surface area contributed by atoms with E-state index < -0.39 is 74.4 Å². The number of ether oxygens (including phenoxy) is 3. The third-order valence-electron chi connectivity index (χ3n) is 4.84. The maximum atomic E-state index is 10.3. The Morgan fingerprint density at radius 2 is 1.40 bits per heavy atom. The summed E-state index contributed by atoms with van der Waals surface area (Å²) in [5, 5.41) is 68.8. The molecular formula is C15H28O10. The van der Waals surface area contributed by atoms with Gasteiger partial charge in [0.1, 0.15) is 30.5 Å². The van der Waals surface area contributed by atoms with Gasteiger partial charge < -0.3 is 50.0 Å². The Bertz CT molecular complexity index is 417. The van der Waals surface area contributed by atoms with Gasteiger partial charge in [0.05, 0.1) is 25.4 Å². The molecule has 10 heteroatoms. The average molecular weight is 368 g/mol. The van der Waals surface area contributed by atoms with Gasteiger partial charge in [-0.1, -0.05) is 13.8 Å². The molecule has 2 heterocycles. The lowest BCUT2D eigenvalue weighted by atomic mass is 9.81. The molecule has 2 aliphatic rings. The van der Waals surface area contributed by atoms with Crippen LogP contribution in [-0.2, 0) is 14.2 Å². The molecule has 0 amide bonds. The van der Waals surface area contributed by atoms with Gasteiger partial charge in [0.25, 0.3) is 0 Å². The summed E-state index contributed by atoms with van der Waals surface area (Å²) in [6.07, 6.45) is -12.5. The Hall–Kier alpha value is -0.400. The van der Waals surface area contributed by atoms with E-state index in [1.165, 1.54) is 0 Å². The van der Waals surface area contributed by atoms with Crippen LogP contribution in [0, 0.1) is 11.8 Å². The first kappa shape index (κ1) is 20.9. The number of hydrogen-bond acceptors (Lipinski definition) is 10. The zero-order valence-electron chi connectivity index (χ0n) is 14.1. The lowest BCUT2D eigenvalue weighted by molar-refractivity contribution is -0.353. The van der Waals surface area contributed by atoms with Crippen LogP contribution in [0.25, 0.3) is 0 Å². The highest BCUT2D eigenvalue weighted by Crippen LogP contribution is 2.34. The molecule has 2 fully saturated rings. The van der Waals surface area contributed by atoms with Crippen LogP contribution < -0.4 is 0 Å². The van der Waals surface area contributed by atoms with Crippen molar-refractivity contribution in [2.75, 3.05) is 13.2 Å². The fourth-order valence-corrected chi connectivity index (χ4v) is 3.44. The molecule has 10 atom stereocenters. The molecule has 2 aliphatic heterocycles. The van der Waals surface area contributed by atoms with Gasteiger partial charge in [0.15, 0.2) is 12.6 Å². The van der Waals surface area contributed by atoms with Crippen molar-refractivity contribution in [2.45, 2.75) is 69.2 Å². The summed E-state index contributed by atoms with van der Waals surface area (Å²) in [7, 11) is 0. The molecule has 25 heavy (non-hydrogen) atoms. The Kier molecular flexibility index (Phi) is 7.13. The van der Waals surface area contributed by atoms with Crippen molar-refractivity contribution in [3.8, 4) is 0 Å². The molecule has 0 aliphatic carbocycles. The lowest BCUT2D eigenvalue weighted by Gasteiger charge is -2.47. The van der Waals surface area contributed by atoms with Gasteiger partial charge in [-0.15, -0.1) is 0 Å². The minimum Gasteiger partial charge on any atom is -0.394 e. The van der Waals surface area contributed by atoms with E-state index in [2.05, 4.69) is 0 Å². The number of rotatable bonds is 5. The smallest absolute Gasteiger partial charge is 0.187 e. The zero-order valence-corrected chi connectivity index (χ0v) is 14.1. The largest absolute Gasteiger partial charge is 0.394 e. The van der Waals surface area contributed by atoms with Gasteiger partial charge in [-0.25, -0.2) is 0 Å². The fourth-order valence-electron chi connectivity index (χ4n) is 3.44. The summed E-state index contributed by atoms with van der Waals surface area (Å²) in [6.45, 7) is 2.58. The van der Waals surface area contributed by atoms with Gasteiger partial charge in [-0.05, 0) is 5.92 Å². The Labute approximate surface area is 145 Å². The summed E-state index contributed by atoms with van der Waals surface area (Å²) in [6, 6.07) is 0. The number of aliphatic hydroxyl groups excluding tert-OH is 7. The SMILES string of the molecule is CC(C)C1C(CO)OC(OC2C(O)C(O)[C@H](O)O[C@@H]2CO)C(O)C1O. The van der Waals surface area contributed by atoms with Crippen molar-refractivity contribution in [1.82, 2.24) is 0 Å². The summed E-state index contributed by atoms with van der Waals surface area (Å²) < 4.78 is 16.0. The molecule has 2 rings (SSSR count). The second-order valence-electron chi connectivity index (χ2n) is 6.86. The molecule has 10 nitrogen and oxygen atoms in total. The first-order valence-corrected chi connectivity index (χ1v) is 8.31. The summed E-state index contributed by atoms with van der Waals surface area (Å²) in [5.74, 6) is -0.623. The predicted molar refractivity (Wildman–Crippen MR) is 80.9 cm³/mol. The molecule has 0 spiro atoms. The van der Waals surface area contributed by atoms with Crippen LogP contribution >= 0.6 is 0 Å². The summed E-state index contributed by atoms with van der Waals surface area (Å²) in [4.78, 5) is 0. The van der Waals surface area contributed by atoms with Gasteiger partial charge >= 0.3 is 0 Å². The van der Waals surface area contributed by atoms with Gasteiger partial charge in [-0.3, -0.25) is 0 Å². The van der Waals surface area contributed by atoms with Crippen molar-refractivity contribution < 1.29 is 50.0 Å². The molecule has 0 aromatic carbocycles. The van der Waals surface area contributed by atoms with Crippen molar-refractivity contribution in [3.63, 3.8) is 0 Å². The van der Waals surface area contributed by atoms with Crippen molar-refractivity contribution in [1.29, 1.82) is 0 Å². The number of hydrogen-bond donors (Lipinski definition) is 7. The van der Waals surface area contributed by atoms with Gasteiger partial charge in [-0.2, -0.15) is 0 Å². The Balaban J connectivity index is 2.15. The first-order valence-electron chi connectivity index (χ1n) is 8.31. The molecule has 7 N–H and O–H groups in total. The second kappa shape index (κ2) is 8.53. The average Bonchev–Trinajstić information content (AvgIpc) is 2.57. The van der Waals surface area contributed by atoms with E-state index in [1.54, 1.807) is 0 Å². The van der Waals surface area contributed by atoms with E-state index in [-0.39, 0.29) is 5.92 Å². The zero-order chi connectivity index (χ0) is 18.9. The van der Waals surface area contributed by atoms with E-state index in [0.29, 0.717) is 0 Å². The molecule has 148 valence electrons. The Morgan fingerprint density at radius 3 is 1.92 bits per heavy atom. The first-order chi connectivity index (χ1) is 11.7. The van der Waals surface area contributed by atoms with Gasteiger partial charge in [0.2, 0.25) is 0 Å². The van der Waals surface area contributed by atoms with E-state index in [0.717, 1.165) is 0 Å². The second-order valence-corrected chi connectivity index (χ2v) is 6.86. The molecule has 0 radical (unpaired) electrons. The summed E-state index contributed by atoms with van der Waals surface area (Å²) in [5.41, 5.74) is 0. The van der Waals surface area contributed by atoms with E-state index >= 15 is 0 Å². The van der Waals surface area contributed by atoms with Crippen LogP contribution in [0.1, 0.15) is 13.8 Å². The molecule has 0 aromatic rings. The predicted octanol–water partition coefficient (Wildman–Crippen LogP) is -3.49. The Morgan fingerprint density at radius 1 is 0.800 bits per heavy atom. The highest BCUT2D eigenvalue weighted by Gasteiger charge is 2.50. The van der Waals surface area contributed by atoms with Crippen molar-refractivity contribution >= 4 is 0 Å². The third kappa shape index (κ3) is 4.14. The topological polar surface area (TPSA) is 169 Å². The molecule has 2 saturated heterocycles. The highest BCUT2D eigenvalue weighted by molar-refractivity contribution is 4.94. The molecule has 0 bridgehead atoms. The minimum atomic E-state index is -1.70. The maximum absolute atomic E-state index is 10.3. The molecular weight excluding hydrogens is 340 g/mol. The van der Waals surface area contributed by atoms with E-state index in [9.17, 15) is 35.7 Å². The maximum Gasteiger partial charge on any atom is 0.187 e. The van der Waals surface area contributed by atoms with Crippen LogP contribution in [0.3, 0.4) is 0 Å². The van der Waals surface area contributed by atoms with Crippen LogP contribution in [0.5, 0.6) is 0 Å². The summed E-state index contributed by atoms with van der Waals surface area (Å²) >= 11 is 0. The van der Waals surface area contributed by atoms with E-state index in [1.807, 2.05) is 13.8 Å². The molecule has 0 aromatic heterocycles. The van der Waals surface area contributed by atoms with Crippen LogP contribution in [0.4, 0.5) is 0 Å². The standard InChI is InChI=1S/C15H28O10/c1-5(2)8-6(3-16)24-15(12(21)9(8)18)25-13-7(4-17)23-14(22)11(20)10(13)19/h5-22H,3-4H2,1-2H3/t6?,7-,8?,9?,10?,11?,12?,13?,14-,15?/m1/s1. The van der Waals surface area contributed by atoms with Crippen LogP contribution in [0.2, 0.25) is 0 Å². The quantitative estimate of drug-likeness (QED) is 0.259. The van der Waals surface area contributed by atoms with Crippen molar-refractivity contribution in [2.24, 2.45) is 11.8 Å². The van der Waals surface area contributed by atoms with Gasteiger partial charge in [0, 0.05) is 5.92 Å². The third-order valence-corrected chi connectivity index (χ3v) is 4.84. The van der Waals surface area contributed by atoms with Crippen LogP contribution in [0.15, 0.2) is 0 Å². The van der Waals surface area contributed by atoms with E-state index in [4.69, 9.17) is 14.2 Å². The molecule has 8 unspecified atom stereocenters. The van der Waals surface area contributed by atoms with Crippen molar-refractivity contribution in [3.05, 3.63) is 0 Å². The lowest BCUT2D eigenvalue weighted by Crippen LogP contribution is -2.63. The highest BCUT2D eigenvalue weighted by atomic mass is 16.7. The number of aliphatic hydroxyl groups is 7. The fraction of sp³-hybridized carbons (Fsp3) is 1.00. The normalized spacial score (nSPS) is 48.7. The monoisotopic (exact) mass is 368 g/mol.